The molecule has 5 unspecified atom stereocenters. The molecule has 5 rings (SSSR count). The molecule has 2 aromatic rings. The second kappa shape index (κ2) is 17.8. The zero-order valence-electron chi connectivity index (χ0n) is 30.6. The lowest BCUT2D eigenvalue weighted by Crippen LogP contribution is -2.48. The van der Waals surface area contributed by atoms with Gasteiger partial charge >= 0.3 is 6.09 Å². The standard InChI is InChI=1S/C40H60N4O6/c1-40(2,3)50-39(48)41-34(25-28-10-6-5-7-11-28)35(45)27-31(38(47)42-37-33-13-9-8-12-30(33)26-36(37)46)24-29-14-16-32(17-15-29)49-23-22-44-20-18-43(4)19-21-44/h8-9,12-17,28,31,34-37,45-46H,5-7,10-11,18-27H2,1-4H3,(H,41,48)(H,42,47). The van der Waals surface area contributed by atoms with Crippen molar-refractivity contribution in [2.24, 2.45) is 11.8 Å². The van der Waals surface area contributed by atoms with Crippen LogP contribution in [0.25, 0.3) is 0 Å². The van der Waals surface area contributed by atoms with Crippen LogP contribution in [0.15, 0.2) is 48.5 Å². The van der Waals surface area contributed by atoms with Gasteiger partial charge in [-0.25, -0.2) is 4.79 Å². The summed E-state index contributed by atoms with van der Waals surface area (Å²) < 4.78 is 11.6. The Labute approximate surface area is 298 Å². The Balaban J connectivity index is 1.28. The highest BCUT2D eigenvalue weighted by Gasteiger charge is 2.36. The van der Waals surface area contributed by atoms with Crippen LogP contribution in [0.5, 0.6) is 5.75 Å². The van der Waals surface area contributed by atoms with Crippen molar-refractivity contribution in [1.29, 1.82) is 0 Å². The highest BCUT2D eigenvalue weighted by molar-refractivity contribution is 5.80. The number of piperazine rings is 1. The number of alkyl carbamates (subject to hydrolysis) is 1. The summed E-state index contributed by atoms with van der Waals surface area (Å²) in [6.07, 6.45) is 5.00. The van der Waals surface area contributed by atoms with E-state index in [0.717, 1.165) is 80.8 Å². The van der Waals surface area contributed by atoms with E-state index < -0.39 is 41.9 Å². The first-order chi connectivity index (χ1) is 23.9. The number of fused-ring (bicyclic) bond motifs is 1. The predicted molar refractivity (Wildman–Crippen MR) is 195 cm³/mol. The minimum Gasteiger partial charge on any atom is -0.492 e. The van der Waals surface area contributed by atoms with Gasteiger partial charge in [0.1, 0.15) is 18.0 Å². The zero-order valence-corrected chi connectivity index (χ0v) is 30.6. The van der Waals surface area contributed by atoms with Crippen LogP contribution in [0.2, 0.25) is 0 Å². The number of carbonyl (C=O) groups excluding carboxylic acids is 2. The lowest BCUT2D eigenvalue weighted by Gasteiger charge is -2.32. The maximum atomic E-state index is 14.1. The Kier molecular flexibility index (Phi) is 13.6. The molecule has 3 aliphatic rings. The largest absolute Gasteiger partial charge is 0.492 e. The van der Waals surface area contributed by atoms with Gasteiger partial charge in [-0.05, 0) is 81.8 Å². The first-order valence-electron chi connectivity index (χ1n) is 18.8. The Morgan fingerprint density at radius 1 is 0.980 bits per heavy atom. The van der Waals surface area contributed by atoms with Crippen LogP contribution in [0, 0.1) is 11.8 Å². The molecule has 1 saturated carbocycles. The summed E-state index contributed by atoms with van der Waals surface area (Å²) in [5.74, 6) is 0.331. The average molecular weight is 693 g/mol. The number of carbonyl (C=O) groups is 2. The molecule has 2 amide bonds. The highest BCUT2D eigenvalue weighted by Crippen LogP contribution is 2.33. The van der Waals surface area contributed by atoms with Crippen molar-refractivity contribution in [1.82, 2.24) is 20.4 Å². The number of benzene rings is 2. The molecule has 2 fully saturated rings. The molecule has 4 N–H and O–H groups in total. The van der Waals surface area contributed by atoms with Crippen LogP contribution in [0.3, 0.4) is 0 Å². The van der Waals surface area contributed by atoms with Crippen LogP contribution in [0.1, 0.15) is 88.4 Å². The van der Waals surface area contributed by atoms with Crippen molar-refractivity contribution < 1.29 is 29.3 Å². The zero-order chi connectivity index (χ0) is 35.7. The number of rotatable bonds is 14. The molecular formula is C40H60N4O6. The van der Waals surface area contributed by atoms with Crippen LogP contribution < -0.4 is 15.4 Å². The fraction of sp³-hybridized carbons (Fsp3) is 0.650. The normalized spacial score (nSPS) is 22.3. The molecule has 0 radical (unpaired) electrons. The summed E-state index contributed by atoms with van der Waals surface area (Å²) in [6.45, 7) is 11.2. The van der Waals surface area contributed by atoms with Crippen LogP contribution in [0.4, 0.5) is 4.79 Å². The van der Waals surface area contributed by atoms with Crippen molar-refractivity contribution in [3.63, 3.8) is 0 Å². The SMILES string of the molecule is CN1CCN(CCOc2ccc(CC(CC(O)C(CC3CCCCC3)NC(=O)OC(C)(C)C)C(=O)NC3c4ccccc4CC3O)cc2)CC1. The van der Waals surface area contributed by atoms with E-state index in [1.54, 1.807) is 0 Å². The fourth-order valence-electron chi connectivity index (χ4n) is 7.68. The van der Waals surface area contributed by atoms with Crippen molar-refractivity contribution in [3.05, 3.63) is 65.2 Å². The Morgan fingerprint density at radius 3 is 2.38 bits per heavy atom. The number of aliphatic hydroxyl groups is 2. The Morgan fingerprint density at radius 2 is 1.68 bits per heavy atom. The molecule has 50 heavy (non-hydrogen) atoms. The fourth-order valence-corrected chi connectivity index (χ4v) is 7.68. The smallest absolute Gasteiger partial charge is 0.407 e. The van der Waals surface area contributed by atoms with Gasteiger partial charge in [0.15, 0.2) is 0 Å². The van der Waals surface area contributed by atoms with E-state index in [1.807, 2.05) is 69.3 Å². The number of amides is 2. The monoisotopic (exact) mass is 692 g/mol. The molecule has 1 aliphatic heterocycles. The third-order valence-corrected chi connectivity index (χ3v) is 10.6. The summed E-state index contributed by atoms with van der Waals surface area (Å²) in [5.41, 5.74) is 2.22. The van der Waals surface area contributed by atoms with Crippen molar-refractivity contribution in [3.8, 4) is 5.75 Å². The van der Waals surface area contributed by atoms with Crippen molar-refractivity contribution in [2.45, 2.75) is 108 Å². The molecule has 2 aliphatic carbocycles. The molecule has 1 heterocycles. The van der Waals surface area contributed by atoms with Crippen LogP contribution in [-0.4, -0.2) is 102 Å². The first-order valence-corrected chi connectivity index (χ1v) is 18.8. The van der Waals surface area contributed by atoms with Crippen LogP contribution in [-0.2, 0) is 22.4 Å². The van der Waals surface area contributed by atoms with E-state index in [1.165, 1.54) is 6.42 Å². The van der Waals surface area contributed by atoms with E-state index in [-0.39, 0.29) is 12.3 Å². The number of nitrogens with one attached hydrogen (secondary N) is 2. The number of nitrogens with zero attached hydrogens (tertiary/aromatic N) is 2. The molecule has 2 aromatic carbocycles. The van der Waals surface area contributed by atoms with E-state index in [4.69, 9.17) is 9.47 Å². The molecule has 10 heteroatoms. The molecule has 10 nitrogen and oxygen atoms in total. The molecule has 5 atom stereocenters. The van der Waals surface area contributed by atoms with Gasteiger partial charge in [0.05, 0.1) is 24.3 Å². The van der Waals surface area contributed by atoms with E-state index in [0.29, 0.717) is 31.8 Å². The molecular weight excluding hydrogens is 632 g/mol. The van der Waals surface area contributed by atoms with Gasteiger partial charge in [0.25, 0.3) is 0 Å². The van der Waals surface area contributed by atoms with Gasteiger partial charge in [-0.1, -0.05) is 68.5 Å². The summed E-state index contributed by atoms with van der Waals surface area (Å²) in [7, 11) is 2.15. The van der Waals surface area contributed by atoms with Gasteiger partial charge in [0.2, 0.25) is 5.91 Å². The minimum absolute atomic E-state index is 0.146. The van der Waals surface area contributed by atoms with Gasteiger partial charge in [-0.15, -0.1) is 0 Å². The second-order valence-corrected chi connectivity index (χ2v) is 15.8. The topological polar surface area (TPSA) is 124 Å². The minimum atomic E-state index is -0.974. The number of likely N-dealkylation sites (N-methyl/N-ethyl adjacent to an activating group) is 1. The average Bonchev–Trinajstić information content (AvgIpc) is 3.39. The second-order valence-electron chi connectivity index (χ2n) is 15.8. The van der Waals surface area contributed by atoms with Crippen molar-refractivity contribution >= 4 is 12.0 Å². The Hall–Kier alpha value is -3.18. The molecule has 1 saturated heterocycles. The quantitative estimate of drug-likeness (QED) is 0.222. The predicted octanol–water partition coefficient (Wildman–Crippen LogP) is 4.86. The van der Waals surface area contributed by atoms with E-state index in [9.17, 15) is 19.8 Å². The molecule has 0 aromatic heterocycles. The third-order valence-electron chi connectivity index (χ3n) is 10.6. The van der Waals surface area contributed by atoms with Gasteiger partial charge < -0.3 is 35.2 Å². The van der Waals surface area contributed by atoms with E-state index in [2.05, 4.69) is 27.5 Å². The summed E-state index contributed by atoms with van der Waals surface area (Å²) in [6, 6.07) is 14.6. The summed E-state index contributed by atoms with van der Waals surface area (Å²) in [5, 5.41) is 28.8. The number of ether oxygens (including phenoxy) is 2. The Bertz CT molecular complexity index is 1370. The van der Waals surface area contributed by atoms with Crippen molar-refractivity contribution in [2.75, 3.05) is 46.4 Å². The number of hydrogen-bond donors (Lipinski definition) is 4. The lowest BCUT2D eigenvalue weighted by molar-refractivity contribution is -0.127. The van der Waals surface area contributed by atoms with Gasteiger partial charge in [-0.2, -0.15) is 0 Å². The molecule has 0 spiro atoms. The molecule has 0 bridgehead atoms. The van der Waals surface area contributed by atoms with E-state index >= 15 is 0 Å². The molecule has 276 valence electrons. The maximum Gasteiger partial charge on any atom is 0.407 e. The maximum absolute atomic E-state index is 14.1. The third kappa shape index (κ3) is 11.4. The highest BCUT2D eigenvalue weighted by atomic mass is 16.6. The lowest BCUT2D eigenvalue weighted by atomic mass is 9.82. The number of aliphatic hydroxyl groups excluding tert-OH is 2. The van der Waals surface area contributed by atoms with Crippen LogP contribution >= 0.6 is 0 Å². The first kappa shape index (κ1) is 38.1. The summed E-state index contributed by atoms with van der Waals surface area (Å²) in [4.78, 5) is 31.8. The number of hydrogen-bond acceptors (Lipinski definition) is 8. The van der Waals surface area contributed by atoms with Gasteiger partial charge in [-0.3, -0.25) is 9.69 Å². The van der Waals surface area contributed by atoms with Gasteiger partial charge in [0, 0.05) is 45.1 Å². The summed E-state index contributed by atoms with van der Waals surface area (Å²) >= 11 is 0.